The molecular weight excluding hydrogens is 304 g/mol. The Balaban J connectivity index is 2.06. The van der Waals surface area contributed by atoms with Gasteiger partial charge in [0.1, 0.15) is 0 Å². The lowest BCUT2D eigenvalue weighted by Gasteiger charge is -2.30. The first-order valence-electron chi connectivity index (χ1n) is 7.16. The molecule has 1 aliphatic rings. The van der Waals surface area contributed by atoms with Crippen molar-refractivity contribution in [3.63, 3.8) is 0 Å². The summed E-state index contributed by atoms with van der Waals surface area (Å²) in [4.78, 5) is 11.8. The molecule has 0 saturated carbocycles. The lowest BCUT2D eigenvalue weighted by molar-refractivity contribution is -0.149. The number of benzene rings is 1. The van der Waals surface area contributed by atoms with Crippen molar-refractivity contribution in [2.75, 3.05) is 19.7 Å². The number of piperidine rings is 1. The van der Waals surface area contributed by atoms with Crippen LogP contribution in [0.3, 0.4) is 0 Å². The maximum Gasteiger partial charge on any atom is 0.309 e. The number of hydrogen-bond acceptors (Lipinski definition) is 5. The monoisotopic (exact) mass is 322 g/mol. The van der Waals surface area contributed by atoms with E-state index in [9.17, 15) is 13.2 Å². The van der Waals surface area contributed by atoms with Gasteiger partial charge in [0.25, 0.3) is 0 Å². The van der Waals surface area contributed by atoms with Crippen LogP contribution < -0.4 is 0 Å². The van der Waals surface area contributed by atoms with Crippen LogP contribution in [0.2, 0.25) is 0 Å². The Labute approximate surface area is 130 Å². The Morgan fingerprint density at radius 1 is 1.32 bits per heavy atom. The highest BCUT2D eigenvalue weighted by molar-refractivity contribution is 7.89. The second kappa shape index (κ2) is 6.90. The summed E-state index contributed by atoms with van der Waals surface area (Å²) < 4.78 is 31.4. The Morgan fingerprint density at radius 2 is 1.91 bits per heavy atom. The molecule has 6 nitrogen and oxygen atoms in total. The van der Waals surface area contributed by atoms with E-state index >= 15 is 0 Å². The maximum atomic E-state index is 12.5. The smallest absolute Gasteiger partial charge is 0.309 e. The zero-order chi connectivity index (χ0) is 16.2. The van der Waals surface area contributed by atoms with Gasteiger partial charge in [0.2, 0.25) is 10.0 Å². The average Bonchev–Trinajstić information content (AvgIpc) is 2.55. The third-order valence-corrected chi connectivity index (χ3v) is 5.61. The molecule has 118 valence electrons. The number of sulfonamides is 1. The third kappa shape index (κ3) is 3.46. The number of ether oxygens (including phenoxy) is 1. The van der Waals surface area contributed by atoms with Crippen molar-refractivity contribution in [1.29, 1.82) is 5.26 Å². The highest BCUT2D eigenvalue weighted by atomic mass is 32.2. The molecule has 1 aromatic carbocycles. The minimum atomic E-state index is -3.58. The summed E-state index contributed by atoms with van der Waals surface area (Å²) in [5.74, 6) is -0.481. The number of carbonyl (C=O) groups excluding carboxylic acids is 1. The van der Waals surface area contributed by atoms with Crippen LogP contribution in [0.25, 0.3) is 0 Å². The van der Waals surface area contributed by atoms with Crippen LogP contribution in [-0.2, 0) is 19.6 Å². The molecule has 2 rings (SSSR count). The number of esters is 1. The van der Waals surface area contributed by atoms with Crippen molar-refractivity contribution in [2.45, 2.75) is 24.7 Å². The number of nitriles is 1. The topological polar surface area (TPSA) is 87.5 Å². The molecule has 1 aromatic rings. The van der Waals surface area contributed by atoms with Crippen LogP contribution in [-0.4, -0.2) is 38.4 Å². The molecule has 0 unspecified atom stereocenters. The molecule has 1 saturated heterocycles. The number of hydrogen-bond donors (Lipinski definition) is 0. The van der Waals surface area contributed by atoms with Gasteiger partial charge in [0.15, 0.2) is 0 Å². The summed E-state index contributed by atoms with van der Waals surface area (Å²) >= 11 is 0. The minimum absolute atomic E-state index is 0.168. The van der Waals surface area contributed by atoms with Crippen molar-refractivity contribution in [3.8, 4) is 6.07 Å². The van der Waals surface area contributed by atoms with Gasteiger partial charge in [0, 0.05) is 13.1 Å². The molecule has 0 atom stereocenters. The lowest BCUT2D eigenvalue weighted by atomic mass is 9.98. The van der Waals surface area contributed by atoms with Gasteiger partial charge in [-0.3, -0.25) is 4.79 Å². The van der Waals surface area contributed by atoms with Crippen LogP contribution in [0.15, 0.2) is 29.2 Å². The van der Waals surface area contributed by atoms with E-state index in [1.54, 1.807) is 6.92 Å². The van der Waals surface area contributed by atoms with Gasteiger partial charge in [-0.1, -0.05) is 0 Å². The van der Waals surface area contributed by atoms with E-state index in [0.717, 1.165) is 0 Å². The van der Waals surface area contributed by atoms with E-state index in [1.165, 1.54) is 28.6 Å². The van der Waals surface area contributed by atoms with Crippen molar-refractivity contribution >= 4 is 16.0 Å². The summed E-state index contributed by atoms with van der Waals surface area (Å²) in [6.45, 7) is 2.68. The molecule has 0 spiro atoms. The summed E-state index contributed by atoms with van der Waals surface area (Å²) in [5, 5.41) is 8.75. The first-order valence-corrected chi connectivity index (χ1v) is 8.60. The molecule has 0 amide bonds. The number of rotatable bonds is 4. The zero-order valence-corrected chi connectivity index (χ0v) is 13.2. The molecule has 0 bridgehead atoms. The van der Waals surface area contributed by atoms with Crippen molar-refractivity contribution in [2.24, 2.45) is 5.92 Å². The van der Waals surface area contributed by atoms with Gasteiger partial charge in [0.05, 0.1) is 29.1 Å². The zero-order valence-electron chi connectivity index (χ0n) is 12.4. The lowest BCUT2D eigenvalue weighted by Crippen LogP contribution is -2.40. The normalized spacial score (nSPS) is 16.9. The average molecular weight is 322 g/mol. The largest absolute Gasteiger partial charge is 0.466 e. The second-order valence-corrected chi connectivity index (χ2v) is 7.00. The van der Waals surface area contributed by atoms with Crippen LogP contribution >= 0.6 is 0 Å². The van der Waals surface area contributed by atoms with Gasteiger partial charge in [-0.25, -0.2) is 8.42 Å². The Hall–Kier alpha value is -1.91. The second-order valence-electron chi connectivity index (χ2n) is 5.07. The standard InChI is InChI=1S/C15H18N2O4S/c1-2-21-15(18)13-7-9-17(10-8-13)22(19,20)14-5-3-12(11-16)4-6-14/h3-6,13H,2,7-10H2,1H3. The van der Waals surface area contributed by atoms with Gasteiger partial charge in [-0.15, -0.1) is 0 Å². The fourth-order valence-corrected chi connectivity index (χ4v) is 3.91. The molecule has 0 aromatic heterocycles. The molecule has 0 N–H and O–H groups in total. The summed E-state index contributed by atoms with van der Waals surface area (Å²) in [6, 6.07) is 7.80. The van der Waals surface area contributed by atoms with E-state index in [-0.39, 0.29) is 16.8 Å². The summed E-state index contributed by atoms with van der Waals surface area (Å²) in [5.41, 5.74) is 0.417. The van der Waals surface area contributed by atoms with Crippen LogP contribution in [0.5, 0.6) is 0 Å². The van der Waals surface area contributed by atoms with E-state index in [2.05, 4.69) is 0 Å². The first kappa shape index (κ1) is 16.5. The molecule has 1 heterocycles. The first-order chi connectivity index (χ1) is 10.5. The quantitative estimate of drug-likeness (QED) is 0.784. The van der Waals surface area contributed by atoms with Crippen molar-refractivity contribution < 1.29 is 17.9 Å². The molecule has 0 radical (unpaired) electrons. The van der Waals surface area contributed by atoms with Gasteiger partial charge in [-0.2, -0.15) is 9.57 Å². The van der Waals surface area contributed by atoms with Crippen LogP contribution in [0, 0.1) is 17.2 Å². The molecule has 1 aliphatic heterocycles. The molecule has 7 heteroatoms. The maximum absolute atomic E-state index is 12.5. The number of nitrogens with zero attached hydrogens (tertiary/aromatic N) is 2. The fourth-order valence-electron chi connectivity index (χ4n) is 2.44. The predicted molar refractivity (Wildman–Crippen MR) is 79.3 cm³/mol. The molecule has 22 heavy (non-hydrogen) atoms. The van der Waals surface area contributed by atoms with Crippen molar-refractivity contribution in [1.82, 2.24) is 4.31 Å². The predicted octanol–water partition coefficient (Wildman–Crippen LogP) is 1.52. The fraction of sp³-hybridized carbons (Fsp3) is 0.467. The van der Waals surface area contributed by atoms with E-state index < -0.39 is 10.0 Å². The minimum Gasteiger partial charge on any atom is -0.466 e. The highest BCUT2D eigenvalue weighted by Crippen LogP contribution is 2.24. The third-order valence-electron chi connectivity index (χ3n) is 3.70. The Kier molecular flexibility index (Phi) is 5.16. The van der Waals surface area contributed by atoms with E-state index in [1.807, 2.05) is 6.07 Å². The summed E-state index contributed by atoms with van der Waals surface area (Å²) in [6.07, 6.45) is 0.933. The number of carbonyl (C=O) groups is 1. The SMILES string of the molecule is CCOC(=O)C1CCN(S(=O)(=O)c2ccc(C#N)cc2)CC1. The summed E-state index contributed by atoms with van der Waals surface area (Å²) in [7, 11) is -3.58. The molecule has 0 aliphatic carbocycles. The van der Waals surface area contributed by atoms with Gasteiger partial charge >= 0.3 is 5.97 Å². The van der Waals surface area contributed by atoms with Crippen molar-refractivity contribution in [3.05, 3.63) is 29.8 Å². The molecule has 1 fully saturated rings. The Bertz CT molecular complexity index is 668. The van der Waals surface area contributed by atoms with Crippen LogP contribution in [0.1, 0.15) is 25.3 Å². The van der Waals surface area contributed by atoms with Gasteiger partial charge in [-0.05, 0) is 44.0 Å². The van der Waals surface area contributed by atoms with Gasteiger partial charge < -0.3 is 4.74 Å². The van der Waals surface area contributed by atoms with E-state index in [0.29, 0.717) is 38.1 Å². The Morgan fingerprint density at radius 3 is 2.41 bits per heavy atom. The van der Waals surface area contributed by atoms with E-state index in [4.69, 9.17) is 10.00 Å². The molecular formula is C15H18N2O4S. The van der Waals surface area contributed by atoms with Crippen LogP contribution in [0.4, 0.5) is 0 Å². The highest BCUT2D eigenvalue weighted by Gasteiger charge is 2.32.